The van der Waals surface area contributed by atoms with Gasteiger partial charge in [0.15, 0.2) is 5.69 Å². The first-order valence-corrected chi connectivity index (χ1v) is 4.94. The van der Waals surface area contributed by atoms with E-state index in [1.165, 1.54) is 42.5 Å². The van der Waals surface area contributed by atoms with Crippen molar-refractivity contribution in [2.45, 2.75) is 0 Å². The maximum atomic E-state index is 11.2. The van der Waals surface area contributed by atoms with Crippen LogP contribution in [0.5, 0.6) is 0 Å². The fourth-order valence-electron chi connectivity index (χ4n) is 1.35. The number of carboxylic acids is 1. The molecule has 92 valence electrons. The third kappa shape index (κ3) is 2.19. The number of carbonyl (C=O) groups is 2. The summed E-state index contributed by atoms with van der Waals surface area (Å²) in [7, 11) is 1.25. The molecule has 2 aromatic rings. The van der Waals surface area contributed by atoms with Gasteiger partial charge in [0.25, 0.3) is 0 Å². The van der Waals surface area contributed by atoms with Crippen molar-refractivity contribution in [1.82, 2.24) is 14.5 Å². The van der Waals surface area contributed by atoms with Gasteiger partial charge in [-0.05, 0) is 12.1 Å². The standard InChI is InChI=1S/C11H9N3O4/c1-18-11(17)8-5-14(6-13-8)9-4-7(10(15)16)2-3-12-9/h2-6H,1H3,(H,15,16). The molecule has 0 aliphatic heterocycles. The minimum Gasteiger partial charge on any atom is -0.478 e. The van der Waals surface area contributed by atoms with Crippen LogP contribution in [0.1, 0.15) is 20.8 Å². The predicted molar refractivity (Wildman–Crippen MR) is 59.7 cm³/mol. The van der Waals surface area contributed by atoms with Crippen molar-refractivity contribution in [3.63, 3.8) is 0 Å². The Morgan fingerprint density at radius 1 is 1.39 bits per heavy atom. The van der Waals surface area contributed by atoms with Gasteiger partial charge in [0.05, 0.1) is 12.7 Å². The molecule has 2 heterocycles. The van der Waals surface area contributed by atoms with E-state index in [9.17, 15) is 9.59 Å². The Bertz CT molecular complexity index is 606. The van der Waals surface area contributed by atoms with E-state index in [-0.39, 0.29) is 11.3 Å². The first kappa shape index (κ1) is 11.8. The molecule has 2 aromatic heterocycles. The minimum atomic E-state index is -1.05. The number of aromatic nitrogens is 3. The second kappa shape index (κ2) is 4.66. The van der Waals surface area contributed by atoms with Crippen LogP contribution in [-0.4, -0.2) is 38.7 Å². The topological polar surface area (TPSA) is 94.3 Å². The Kier molecular flexibility index (Phi) is 3.05. The van der Waals surface area contributed by atoms with Gasteiger partial charge in [0.2, 0.25) is 0 Å². The monoisotopic (exact) mass is 247 g/mol. The first-order chi connectivity index (χ1) is 8.61. The van der Waals surface area contributed by atoms with Gasteiger partial charge in [-0.2, -0.15) is 0 Å². The number of aromatic carboxylic acids is 1. The molecule has 0 saturated carbocycles. The highest BCUT2D eigenvalue weighted by molar-refractivity contribution is 5.88. The van der Waals surface area contributed by atoms with E-state index in [0.717, 1.165) is 0 Å². The van der Waals surface area contributed by atoms with Crippen LogP contribution in [0.2, 0.25) is 0 Å². The Morgan fingerprint density at radius 2 is 2.17 bits per heavy atom. The van der Waals surface area contributed by atoms with Gasteiger partial charge in [-0.3, -0.25) is 4.57 Å². The van der Waals surface area contributed by atoms with Crippen LogP contribution < -0.4 is 0 Å². The molecule has 7 nitrogen and oxygen atoms in total. The minimum absolute atomic E-state index is 0.105. The van der Waals surface area contributed by atoms with E-state index in [2.05, 4.69) is 14.7 Å². The highest BCUT2D eigenvalue weighted by atomic mass is 16.5. The maximum Gasteiger partial charge on any atom is 0.358 e. The summed E-state index contributed by atoms with van der Waals surface area (Å²) in [6.45, 7) is 0. The summed E-state index contributed by atoms with van der Waals surface area (Å²) < 4.78 is 5.96. The highest BCUT2D eigenvalue weighted by Crippen LogP contribution is 2.09. The molecule has 1 N–H and O–H groups in total. The first-order valence-electron chi connectivity index (χ1n) is 4.94. The van der Waals surface area contributed by atoms with Crippen molar-refractivity contribution in [2.24, 2.45) is 0 Å². The summed E-state index contributed by atoms with van der Waals surface area (Å²) in [6.07, 6.45) is 4.15. The second-order valence-electron chi connectivity index (χ2n) is 3.37. The number of nitrogens with zero attached hydrogens (tertiary/aromatic N) is 3. The maximum absolute atomic E-state index is 11.2. The molecule has 0 aliphatic carbocycles. The van der Waals surface area contributed by atoms with E-state index in [1.807, 2.05) is 0 Å². The summed E-state index contributed by atoms with van der Waals surface area (Å²) in [4.78, 5) is 29.9. The number of hydrogen-bond donors (Lipinski definition) is 1. The molecule has 0 aromatic carbocycles. The van der Waals surface area contributed by atoms with Gasteiger partial charge < -0.3 is 9.84 Å². The Morgan fingerprint density at radius 3 is 2.83 bits per heavy atom. The summed E-state index contributed by atoms with van der Waals surface area (Å²) in [5, 5.41) is 8.86. The van der Waals surface area contributed by atoms with Gasteiger partial charge in [0, 0.05) is 12.4 Å². The van der Waals surface area contributed by atoms with Crippen LogP contribution in [0, 0.1) is 0 Å². The molecule has 0 saturated heterocycles. The van der Waals surface area contributed by atoms with Gasteiger partial charge in [-0.1, -0.05) is 0 Å². The van der Waals surface area contributed by atoms with E-state index in [0.29, 0.717) is 5.82 Å². The number of hydrogen-bond acceptors (Lipinski definition) is 5. The lowest BCUT2D eigenvalue weighted by atomic mass is 10.2. The van der Waals surface area contributed by atoms with E-state index >= 15 is 0 Å². The normalized spacial score (nSPS) is 10.1. The summed E-state index contributed by atoms with van der Waals surface area (Å²) in [5.41, 5.74) is 0.230. The molecule has 0 bridgehead atoms. The van der Waals surface area contributed by atoms with Crippen molar-refractivity contribution in [2.75, 3.05) is 7.11 Å². The number of carboxylic acid groups (broad SMARTS) is 1. The molecule has 0 aliphatic rings. The number of pyridine rings is 1. The molecule has 18 heavy (non-hydrogen) atoms. The molecule has 0 radical (unpaired) electrons. The lowest BCUT2D eigenvalue weighted by molar-refractivity contribution is 0.0593. The number of rotatable bonds is 3. The summed E-state index contributed by atoms with van der Waals surface area (Å²) in [6, 6.07) is 2.76. The Balaban J connectivity index is 2.37. The second-order valence-corrected chi connectivity index (χ2v) is 3.37. The van der Waals surface area contributed by atoms with E-state index in [1.54, 1.807) is 0 Å². The van der Waals surface area contributed by atoms with Gasteiger partial charge in [-0.25, -0.2) is 19.6 Å². The van der Waals surface area contributed by atoms with E-state index < -0.39 is 11.9 Å². The van der Waals surface area contributed by atoms with Crippen molar-refractivity contribution in [3.05, 3.63) is 42.1 Å². The van der Waals surface area contributed by atoms with Crippen molar-refractivity contribution >= 4 is 11.9 Å². The molecular weight excluding hydrogens is 238 g/mol. The fraction of sp³-hybridized carbons (Fsp3) is 0.0909. The number of methoxy groups -OCH3 is 1. The van der Waals surface area contributed by atoms with Crippen LogP contribution in [0.3, 0.4) is 0 Å². The van der Waals surface area contributed by atoms with Crippen molar-refractivity contribution < 1.29 is 19.4 Å². The highest BCUT2D eigenvalue weighted by Gasteiger charge is 2.11. The third-order valence-corrected chi connectivity index (χ3v) is 2.23. The molecule has 0 atom stereocenters. The zero-order valence-corrected chi connectivity index (χ0v) is 9.40. The molecular formula is C11H9N3O4. The lowest BCUT2D eigenvalue weighted by Crippen LogP contribution is -2.02. The third-order valence-electron chi connectivity index (χ3n) is 2.23. The zero-order chi connectivity index (χ0) is 13.1. The average Bonchev–Trinajstić information content (AvgIpc) is 2.87. The molecule has 2 rings (SSSR count). The average molecular weight is 247 g/mol. The van der Waals surface area contributed by atoms with Crippen molar-refractivity contribution in [3.8, 4) is 5.82 Å². The predicted octanol–water partition coefficient (Wildman–Crippen LogP) is 0.752. The van der Waals surface area contributed by atoms with Crippen molar-refractivity contribution in [1.29, 1.82) is 0 Å². The quantitative estimate of drug-likeness (QED) is 0.804. The molecule has 0 fully saturated rings. The number of ether oxygens (including phenoxy) is 1. The number of esters is 1. The van der Waals surface area contributed by atoms with Gasteiger partial charge in [0.1, 0.15) is 12.1 Å². The number of carbonyl (C=O) groups excluding carboxylic acids is 1. The molecule has 0 amide bonds. The van der Waals surface area contributed by atoms with Gasteiger partial charge >= 0.3 is 11.9 Å². The smallest absolute Gasteiger partial charge is 0.358 e. The fourth-order valence-corrected chi connectivity index (χ4v) is 1.35. The molecule has 0 spiro atoms. The zero-order valence-electron chi connectivity index (χ0n) is 9.40. The SMILES string of the molecule is COC(=O)c1cn(-c2cc(C(=O)O)ccn2)cn1. The van der Waals surface area contributed by atoms with Crippen LogP contribution in [-0.2, 0) is 4.74 Å². The summed E-state index contributed by atoms with van der Waals surface area (Å²) >= 11 is 0. The van der Waals surface area contributed by atoms with E-state index in [4.69, 9.17) is 5.11 Å². The molecule has 0 unspecified atom stereocenters. The lowest BCUT2D eigenvalue weighted by Gasteiger charge is -2.01. The van der Waals surface area contributed by atoms with Gasteiger partial charge in [-0.15, -0.1) is 0 Å². The van der Waals surface area contributed by atoms with Crippen LogP contribution in [0.15, 0.2) is 30.9 Å². The van der Waals surface area contributed by atoms with Crippen LogP contribution >= 0.6 is 0 Å². The molecule has 7 heteroatoms. The largest absolute Gasteiger partial charge is 0.478 e. The Hall–Kier alpha value is -2.70. The van der Waals surface area contributed by atoms with Crippen LogP contribution in [0.4, 0.5) is 0 Å². The number of imidazole rings is 1. The Labute approximate surface area is 102 Å². The summed E-state index contributed by atoms with van der Waals surface area (Å²) in [5.74, 6) is -1.26. The van der Waals surface area contributed by atoms with Crippen LogP contribution in [0.25, 0.3) is 5.82 Å².